The molecule has 1 aromatic carbocycles. The van der Waals surface area contributed by atoms with Crippen LogP contribution in [0.3, 0.4) is 0 Å². The van der Waals surface area contributed by atoms with Crippen LogP contribution in [0.1, 0.15) is 18.9 Å². The monoisotopic (exact) mass is 358 g/mol. The first-order chi connectivity index (χ1) is 9.81. The molecule has 0 aromatic heterocycles. The SMILES string of the molecule is Cc1cc(F)c(Br)cc1NC(=O)N1CCC(C(=O)O)C1C. The fraction of sp³-hybridized carbons (Fsp3) is 0.429. The van der Waals surface area contributed by atoms with Crippen LogP contribution in [0.15, 0.2) is 16.6 Å². The number of carbonyl (C=O) groups excluding carboxylic acids is 1. The van der Waals surface area contributed by atoms with Crippen LogP contribution in [0.5, 0.6) is 0 Å². The number of aryl methyl sites for hydroxylation is 1. The van der Waals surface area contributed by atoms with Gasteiger partial charge in [0.25, 0.3) is 0 Å². The summed E-state index contributed by atoms with van der Waals surface area (Å²) in [6, 6.07) is 2.09. The Hall–Kier alpha value is -1.63. The molecule has 0 spiro atoms. The number of hydrogen-bond donors (Lipinski definition) is 2. The topological polar surface area (TPSA) is 69.6 Å². The third kappa shape index (κ3) is 3.18. The Bertz CT molecular complexity index is 594. The van der Waals surface area contributed by atoms with E-state index in [9.17, 15) is 14.0 Å². The average molecular weight is 359 g/mol. The molecule has 1 aliphatic rings. The zero-order valence-corrected chi connectivity index (χ0v) is 13.3. The van der Waals surface area contributed by atoms with Crippen molar-refractivity contribution in [3.63, 3.8) is 0 Å². The predicted octanol–water partition coefficient (Wildman–Crippen LogP) is 3.22. The summed E-state index contributed by atoms with van der Waals surface area (Å²) in [7, 11) is 0. The zero-order chi connectivity index (χ0) is 15.7. The minimum atomic E-state index is -0.890. The molecule has 0 radical (unpaired) electrons. The minimum absolute atomic E-state index is 0.265. The molecule has 0 saturated carbocycles. The van der Waals surface area contributed by atoms with Gasteiger partial charge >= 0.3 is 12.0 Å². The highest BCUT2D eigenvalue weighted by Gasteiger charge is 2.38. The number of carboxylic acids is 1. The second kappa shape index (κ2) is 6.01. The molecule has 2 atom stereocenters. The first-order valence-electron chi connectivity index (χ1n) is 6.57. The molecule has 2 amide bonds. The normalized spacial score (nSPS) is 21.4. The van der Waals surface area contributed by atoms with Gasteiger partial charge in [0.1, 0.15) is 5.82 Å². The van der Waals surface area contributed by atoms with Crippen molar-refractivity contribution in [2.24, 2.45) is 5.92 Å². The van der Waals surface area contributed by atoms with Crippen molar-refractivity contribution in [3.05, 3.63) is 28.0 Å². The Balaban J connectivity index is 2.12. The lowest BCUT2D eigenvalue weighted by Gasteiger charge is -2.24. The molecule has 5 nitrogen and oxygen atoms in total. The molecule has 2 rings (SSSR count). The predicted molar refractivity (Wildman–Crippen MR) is 79.8 cm³/mol. The summed E-state index contributed by atoms with van der Waals surface area (Å²) in [5.41, 5.74) is 1.10. The molecule has 0 bridgehead atoms. The van der Waals surface area contributed by atoms with E-state index in [1.807, 2.05) is 0 Å². The van der Waals surface area contributed by atoms with E-state index in [1.165, 1.54) is 17.0 Å². The standard InChI is InChI=1S/C14H16BrFN2O3/c1-7-5-11(16)10(15)6-12(7)17-14(21)18-4-3-9(8(18)2)13(19)20/h5-6,8-9H,3-4H2,1-2H3,(H,17,21)(H,19,20). The zero-order valence-electron chi connectivity index (χ0n) is 11.7. The van der Waals surface area contributed by atoms with Crippen LogP contribution in [-0.2, 0) is 4.79 Å². The van der Waals surface area contributed by atoms with Crippen molar-refractivity contribution in [1.29, 1.82) is 0 Å². The van der Waals surface area contributed by atoms with Gasteiger partial charge in [0.05, 0.1) is 10.4 Å². The summed E-state index contributed by atoms with van der Waals surface area (Å²) in [5.74, 6) is -1.83. The highest BCUT2D eigenvalue weighted by molar-refractivity contribution is 9.10. The van der Waals surface area contributed by atoms with Crippen LogP contribution >= 0.6 is 15.9 Å². The van der Waals surface area contributed by atoms with Gasteiger partial charge in [-0.25, -0.2) is 9.18 Å². The van der Waals surface area contributed by atoms with E-state index >= 15 is 0 Å². The quantitative estimate of drug-likeness (QED) is 0.852. The van der Waals surface area contributed by atoms with E-state index in [0.29, 0.717) is 24.2 Å². The maximum atomic E-state index is 13.4. The molecular weight excluding hydrogens is 343 g/mol. The number of urea groups is 1. The molecule has 1 heterocycles. The Morgan fingerprint density at radius 2 is 2.14 bits per heavy atom. The van der Waals surface area contributed by atoms with Crippen LogP contribution in [0.25, 0.3) is 0 Å². The number of nitrogens with one attached hydrogen (secondary N) is 1. The number of carboxylic acid groups (broad SMARTS) is 1. The Morgan fingerprint density at radius 1 is 1.48 bits per heavy atom. The van der Waals surface area contributed by atoms with Crippen molar-refractivity contribution in [2.75, 3.05) is 11.9 Å². The van der Waals surface area contributed by atoms with Gasteiger partial charge in [-0.3, -0.25) is 4.79 Å². The molecule has 2 N–H and O–H groups in total. The van der Waals surface area contributed by atoms with Gasteiger partial charge in [0.2, 0.25) is 0 Å². The van der Waals surface area contributed by atoms with Crippen molar-refractivity contribution in [2.45, 2.75) is 26.3 Å². The van der Waals surface area contributed by atoms with Gasteiger partial charge in [-0.2, -0.15) is 0 Å². The van der Waals surface area contributed by atoms with E-state index in [-0.39, 0.29) is 16.5 Å². The smallest absolute Gasteiger partial charge is 0.322 e. The lowest BCUT2D eigenvalue weighted by atomic mass is 10.0. The molecule has 7 heteroatoms. The van der Waals surface area contributed by atoms with Crippen LogP contribution in [-0.4, -0.2) is 34.6 Å². The summed E-state index contributed by atoms with van der Waals surface area (Å²) in [6.45, 7) is 3.81. The van der Waals surface area contributed by atoms with Gasteiger partial charge in [-0.05, 0) is 53.9 Å². The minimum Gasteiger partial charge on any atom is -0.481 e. The van der Waals surface area contributed by atoms with Gasteiger partial charge in [0, 0.05) is 18.3 Å². The van der Waals surface area contributed by atoms with Crippen molar-refractivity contribution >= 4 is 33.6 Å². The summed E-state index contributed by atoms with van der Waals surface area (Å²) in [6.07, 6.45) is 0.440. The summed E-state index contributed by atoms with van der Waals surface area (Å²) < 4.78 is 13.6. The molecular formula is C14H16BrFN2O3. The fourth-order valence-electron chi connectivity index (χ4n) is 2.52. The number of halogens is 2. The van der Waals surface area contributed by atoms with Gasteiger partial charge in [-0.1, -0.05) is 0 Å². The Morgan fingerprint density at radius 3 is 2.71 bits per heavy atom. The van der Waals surface area contributed by atoms with Gasteiger partial charge < -0.3 is 15.3 Å². The van der Waals surface area contributed by atoms with E-state index in [2.05, 4.69) is 21.2 Å². The summed E-state index contributed by atoms with van der Waals surface area (Å²) in [5, 5.41) is 11.8. The number of rotatable bonds is 2. The van der Waals surface area contributed by atoms with E-state index < -0.39 is 17.7 Å². The molecule has 1 saturated heterocycles. The number of hydrogen-bond acceptors (Lipinski definition) is 2. The number of likely N-dealkylation sites (tertiary alicyclic amines) is 1. The lowest BCUT2D eigenvalue weighted by Crippen LogP contribution is -2.40. The second-order valence-electron chi connectivity index (χ2n) is 5.18. The third-order valence-corrected chi connectivity index (χ3v) is 4.45. The number of nitrogens with zero attached hydrogens (tertiary/aromatic N) is 1. The first-order valence-corrected chi connectivity index (χ1v) is 7.36. The van der Waals surface area contributed by atoms with Crippen molar-refractivity contribution in [3.8, 4) is 0 Å². The largest absolute Gasteiger partial charge is 0.481 e. The highest BCUT2D eigenvalue weighted by Crippen LogP contribution is 2.27. The number of aliphatic carboxylic acids is 1. The summed E-state index contributed by atoms with van der Waals surface area (Å²) in [4.78, 5) is 24.8. The molecule has 1 fully saturated rings. The molecule has 1 aromatic rings. The van der Waals surface area contributed by atoms with Crippen LogP contribution in [0.2, 0.25) is 0 Å². The third-order valence-electron chi connectivity index (χ3n) is 3.84. The lowest BCUT2D eigenvalue weighted by molar-refractivity contribution is -0.142. The highest BCUT2D eigenvalue weighted by atomic mass is 79.9. The van der Waals surface area contributed by atoms with Gasteiger partial charge in [0.15, 0.2) is 0 Å². The van der Waals surface area contributed by atoms with Crippen LogP contribution in [0.4, 0.5) is 14.9 Å². The number of benzene rings is 1. The fourth-order valence-corrected chi connectivity index (χ4v) is 2.87. The molecule has 1 aliphatic heterocycles. The molecule has 2 unspecified atom stereocenters. The molecule has 21 heavy (non-hydrogen) atoms. The van der Waals surface area contributed by atoms with E-state index in [1.54, 1.807) is 13.8 Å². The van der Waals surface area contributed by atoms with Crippen LogP contribution in [0, 0.1) is 18.7 Å². The molecule has 114 valence electrons. The number of amides is 2. The van der Waals surface area contributed by atoms with Crippen molar-refractivity contribution < 1.29 is 19.1 Å². The Kier molecular flexibility index (Phi) is 4.51. The maximum absolute atomic E-state index is 13.4. The first kappa shape index (κ1) is 15.8. The average Bonchev–Trinajstić information content (AvgIpc) is 2.78. The van der Waals surface area contributed by atoms with Crippen molar-refractivity contribution in [1.82, 2.24) is 4.90 Å². The van der Waals surface area contributed by atoms with E-state index in [4.69, 9.17) is 5.11 Å². The van der Waals surface area contributed by atoms with Crippen LogP contribution < -0.4 is 5.32 Å². The Labute approximate surface area is 130 Å². The summed E-state index contributed by atoms with van der Waals surface area (Å²) >= 11 is 3.08. The second-order valence-corrected chi connectivity index (χ2v) is 6.03. The van der Waals surface area contributed by atoms with Gasteiger partial charge in [-0.15, -0.1) is 0 Å². The van der Waals surface area contributed by atoms with E-state index in [0.717, 1.165) is 0 Å². The number of anilines is 1. The molecule has 0 aliphatic carbocycles. The number of carbonyl (C=O) groups is 2. The maximum Gasteiger partial charge on any atom is 0.322 e.